The van der Waals surface area contributed by atoms with E-state index < -0.39 is 0 Å². The lowest BCUT2D eigenvalue weighted by Crippen LogP contribution is -2.15. The van der Waals surface area contributed by atoms with Crippen molar-refractivity contribution in [1.29, 1.82) is 0 Å². The highest BCUT2D eigenvalue weighted by atomic mass is 15.1. The van der Waals surface area contributed by atoms with Crippen LogP contribution in [0.5, 0.6) is 0 Å². The van der Waals surface area contributed by atoms with E-state index in [1.54, 1.807) is 0 Å². The Hall–Kier alpha value is -7.42. The summed E-state index contributed by atoms with van der Waals surface area (Å²) in [6, 6.07) is 73.1. The van der Waals surface area contributed by atoms with Crippen LogP contribution in [0.25, 0.3) is 83.1 Å². The number of rotatable bonds is 6. The van der Waals surface area contributed by atoms with Gasteiger partial charge in [-0.05, 0) is 150 Å². The van der Waals surface area contributed by atoms with Crippen LogP contribution in [0.1, 0.15) is 77.6 Å². The predicted molar refractivity (Wildman–Crippen MR) is 286 cm³/mol. The maximum absolute atomic E-state index is 2.54. The standard InChI is InChI=1S/C65H56N2/c1-63(2,3)46-25-31-49(32-26-46)66(50-33-27-47(28-34-50)64(4,5)6)48-29-22-41(23-30-48)43-16-11-17-44(38-43)45-24-37-59-56(39-45)61-54-19-12-14-42-15-13-20-55(60(42)54)62(61)67(59)51-35-36-53-52-18-9-10-21-57(52)65(7,8)58(53)40-51/h9-40H,1-8H3. The molecular weight excluding hydrogens is 809 g/mol. The molecule has 2 aliphatic rings. The molecule has 0 spiro atoms. The third kappa shape index (κ3) is 6.52. The summed E-state index contributed by atoms with van der Waals surface area (Å²) in [5, 5.41) is 3.91. The zero-order valence-corrected chi connectivity index (χ0v) is 39.9. The van der Waals surface area contributed by atoms with E-state index in [1.165, 1.54) is 105 Å². The molecule has 0 atom stereocenters. The highest BCUT2D eigenvalue weighted by Crippen LogP contribution is 2.55. The van der Waals surface area contributed by atoms with Crippen LogP contribution in [0, 0.1) is 0 Å². The number of fused-ring (bicyclic) bond motifs is 8. The first-order chi connectivity index (χ1) is 32.2. The van der Waals surface area contributed by atoms with Gasteiger partial charge in [0.1, 0.15) is 0 Å². The summed E-state index contributed by atoms with van der Waals surface area (Å²) in [6.07, 6.45) is 0. The number of aromatic nitrogens is 1. The van der Waals surface area contributed by atoms with Gasteiger partial charge in [-0.25, -0.2) is 0 Å². The summed E-state index contributed by atoms with van der Waals surface area (Å²) in [7, 11) is 0. The molecule has 2 aliphatic carbocycles. The van der Waals surface area contributed by atoms with E-state index in [0.29, 0.717) is 0 Å². The predicted octanol–water partition coefficient (Wildman–Crippen LogP) is 18.1. The molecule has 326 valence electrons. The average molecular weight is 865 g/mol. The minimum atomic E-state index is -0.0916. The van der Waals surface area contributed by atoms with Crippen LogP contribution < -0.4 is 4.90 Å². The van der Waals surface area contributed by atoms with Gasteiger partial charge in [-0.3, -0.25) is 0 Å². The van der Waals surface area contributed by atoms with Crippen LogP contribution in [-0.4, -0.2) is 4.57 Å². The lowest BCUT2D eigenvalue weighted by molar-refractivity contribution is 0.590. The molecule has 0 unspecified atom stereocenters. The fourth-order valence-electron chi connectivity index (χ4n) is 11.2. The highest BCUT2D eigenvalue weighted by Gasteiger charge is 2.36. The Morgan fingerprint density at radius 2 is 0.940 bits per heavy atom. The van der Waals surface area contributed by atoms with E-state index in [2.05, 4.69) is 259 Å². The molecule has 0 amide bonds. The molecule has 1 aromatic heterocycles. The van der Waals surface area contributed by atoms with Crippen molar-refractivity contribution >= 4 is 38.7 Å². The van der Waals surface area contributed by atoms with Gasteiger partial charge in [0, 0.05) is 44.7 Å². The summed E-state index contributed by atoms with van der Waals surface area (Å²) >= 11 is 0. The molecule has 1 heterocycles. The molecule has 2 nitrogen and oxygen atoms in total. The Balaban J connectivity index is 0.941. The SMILES string of the molecule is CC(C)(C)c1ccc(N(c2ccc(-c3cccc(-c4ccc5c(c4)c4c(n5-c5ccc6c(c5)C(C)(C)c5ccccc5-6)-c5cccc6cccc-4c56)c3)cc2)c2ccc(C(C)(C)C)cc2)cc1. The minimum Gasteiger partial charge on any atom is -0.311 e. The van der Waals surface area contributed by atoms with E-state index in [9.17, 15) is 0 Å². The molecule has 2 heteroatoms. The Morgan fingerprint density at radius 1 is 0.418 bits per heavy atom. The van der Waals surface area contributed by atoms with Gasteiger partial charge in [0.25, 0.3) is 0 Å². The van der Waals surface area contributed by atoms with Gasteiger partial charge in [-0.2, -0.15) is 0 Å². The fourth-order valence-corrected chi connectivity index (χ4v) is 11.2. The van der Waals surface area contributed by atoms with Crippen molar-refractivity contribution in [2.24, 2.45) is 0 Å². The Labute approximate surface area is 395 Å². The van der Waals surface area contributed by atoms with Crippen molar-refractivity contribution in [2.45, 2.75) is 71.6 Å². The summed E-state index contributed by atoms with van der Waals surface area (Å²) in [5.41, 5.74) is 24.1. The van der Waals surface area contributed by atoms with Crippen molar-refractivity contribution in [1.82, 2.24) is 4.57 Å². The maximum atomic E-state index is 2.54. The number of hydrogen-bond acceptors (Lipinski definition) is 1. The van der Waals surface area contributed by atoms with Gasteiger partial charge in [-0.1, -0.05) is 183 Å². The van der Waals surface area contributed by atoms with Crippen molar-refractivity contribution in [2.75, 3.05) is 4.90 Å². The fraction of sp³-hybridized carbons (Fsp3) is 0.169. The maximum Gasteiger partial charge on any atom is 0.0626 e. The van der Waals surface area contributed by atoms with E-state index in [-0.39, 0.29) is 16.2 Å². The second-order valence-corrected chi connectivity index (χ2v) is 21.5. The van der Waals surface area contributed by atoms with Gasteiger partial charge in [-0.15, -0.1) is 0 Å². The zero-order chi connectivity index (χ0) is 46.0. The van der Waals surface area contributed by atoms with Crippen LogP contribution in [0.4, 0.5) is 17.1 Å². The molecule has 12 rings (SSSR count). The van der Waals surface area contributed by atoms with Crippen LogP contribution in [0.15, 0.2) is 194 Å². The Morgan fingerprint density at radius 3 is 1.58 bits per heavy atom. The van der Waals surface area contributed by atoms with Crippen molar-refractivity contribution in [3.8, 4) is 61.5 Å². The molecule has 10 aromatic rings. The van der Waals surface area contributed by atoms with Crippen molar-refractivity contribution in [3.05, 3.63) is 216 Å². The van der Waals surface area contributed by atoms with Crippen molar-refractivity contribution in [3.63, 3.8) is 0 Å². The highest BCUT2D eigenvalue weighted by molar-refractivity contribution is 6.22. The lowest BCUT2D eigenvalue weighted by Gasteiger charge is -2.28. The van der Waals surface area contributed by atoms with E-state index in [0.717, 1.165) is 17.1 Å². The lowest BCUT2D eigenvalue weighted by atomic mass is 9.82. The van der Waals surface area contributed by atoms with E-state index in [1.807, 2.05) is 0 Å². The van der Waals surface area contributed by atoms with E-state index in [4.69, 9.17) is 0 Å². The second kappa shape index (κ2) is 14.8. The third-order valence-electron chi connectivity index (χ3n) is 14.9. The topological polar surface area (TPSA) is 8.17 Å². The van der Waals surface area contributed by atoms with Gasteiger partial charge in [0.05, 0.1) is 11.2 Å². The summed E-state index contributed by atoms with van der Waals surface area (Å²) in [5.74, 6) is 0. The molecule has 0 fully saturated rings. The van der Waals surface area contributed by atoms with Crippen LogP contribution in [0.3, 0.4) is 0 Å². The summed E-state index contributed by atoms with van der Waals surface area (Å²) in [4.78, 5) is 2.38. The van der Waals surface area contributed by atoms with Gasteiger partial charge in [0.15, 0.2) is 0 Å². The number of hydrogen-bond donors (Lipinski definition) is 0. The minimum absolute atomic E-state index is 0.0827. The first-order valence-corrected chi connectivity index (χ1v) is 23.9. The molecule has 0 saturated heterocycles. The number of benzene rings is 9. The third-order valence-corrected chi connectivity index (χ3v) is 14.9. The summed E-state index contributed by atoms with van der Waals surface area (Å²) in [6.45, 7) is 18.4. The molecule has 9 aromatic carbocycles. The first-order valence-electron chi connectivity index (χ1n) is 23.9. The molecule has 0 N–H and O–H groups in total. The molecule has 0 aliphatic heterocycles. The molecule has 0 radical (unpaired) electrons. The smallest absolute Gasteiger partial charge is 0.0626 e. The Bertz CT molecular complexity index is 3520. The van der Waals surface area contributed by atoms with Gasteiger partial charge < -0.3 is 9.47 Å². The monoisotopic (exact) mass is 864 g/mol. The zero-order valence-electron chi connectivity index (χ0n) is 39.9. The molecule has 0 bridgehead atoms. The average Bonchev–Trinajstić information content (AvgIpc) is 3.93. The van der Waals surface area contributed by atoms with Gasteiger partial charge >= 0.3 is 0 Å². The van der Waals surface area contributed by atoms with Crippen molar-refractivity contribution < 1.29 is 0 Å². The molecular formula is C65H56N2. The number of nitrogens with zero attached hydrogens (tertiary/aromatic N) is 2. The van der Waals surface area contributed by atoms with E-state index >= 15 is 0 Å². The normalized spacial score (nSPS) is 13.5. The number of anilines is 3. The second-order valence-electron chi connectivity index (χ2n) is 21.5. The van der Waals surface area contributed by atoms with Crippen LogP contribution >= 0.6 is 0 Å². The van der Waals surface area contributed by atoms with Gasteiger partial charge in [0.2, 0.25) is 0 Å². The van der Waals surface area contributed by atoms with Crippen LogP contribution in [-0.2, 0) is 16.2 Å². The summed E-state index contributed by atoms with van der Waals surface area (Å²) < 4.78 is 2.54. The first kappa shape index (κ1) is 41.0. The quantitative estimate of drug-likeness (QED) is 0.162. The Kier molecular flexibility index (Phi) is 9.06. The largest absolute Gasteiger partial charge is 0.311 e. The van der Waals surface area contributed by atoms with Crippen LogP contribution in [0.2, 0.25) is 0 Å². The molecule has 67 heavy (non-hydrogen) atoms. The molecule has 0 saturated carbocycles.